The van der Waals surface area contributed by atoms with Crippen LogP contribution in [0.4, 0.5) is 0 Å². The van der Waals surface area contributed by atoms with E-state index in [1.54, 1.807) is 7.11 Å². The van der Waals surface area contributed by atoms with Gasteiger partial charge in [0.1, 0.15) is 0 Å². The van der Waals surface area contributed by atoms with Crippen LogP contribution in [0.3, 0.4) is 0 Å². The third-order valence-corrected chi connectivity index (χ3v) is 0.906. The molecular formula is C6H15NO3. The van der Waals surface area contributed by atoms with Crippen LogP contribution in [0.25, 0.3) is 0 Å². The van der Waals surface area contributed by atoms with E-state index in [4.69, 9.17) is 9.47 Å². The van der Waals surface area contributed by atoms with Crippen LogP contribution in [0.5, 0.6) is 0 Å². The van der Waals surface area contributed by atoms with E-state index in [1.807, 2.05) is 0 Å². The topological polar surface area (TPSA) is 47.6 Å². The summed E-state index contributed by atoms with van der Waals surface area (Å²) in [5, 5.41) is 2.48. The summed E-state index contributed by atoms with van der Waals surface area (Å²) in [7, 11) is 1.62. The second-order valence-corrected chi connectivity index (χ2v) is 1.68. The molecule has 0 spiro atoms. The SMILES string of the molecule is COCCOCCNC=O.[HH]. The molecule has 0 aromatic carbocycles. The molecule has 0 aliphatic rings. The van der Waals surface area contributed by atoms with Crippen LogP contribution < -0.4 is 5.32 Å². The van der Waals surface area contributed by atoms with Gasteiger partial charge in [-0.2, -0.15) is 0 Å². The first-order chi connectivity index (χ1) is 4.91. The second kappa shape index (κ2) is 8.39. The molecule has 4 heteroatoms. The molecular weight excluding hydrogens is 134 g/mol. The van der Waals surface area contributed by atoms with Gasteiger partial charge in [-0.15, -0.1) is 0 Å². The van der Waals surface area contributed by atoms with Crippen molar-refractivity contribution in [1.29, 1.82) is 0 Å². The molecule has 0 fully saturated rings. The van der Waals surface area contributed by atoms with Gasteiger partial charge in [-0.05, 0) is 0 Å². The van der Waals surface area contributed by atoms with E-state index in [0.717, 1.165) is 0 Å². The average Bonchev–Trinajstić information content (AvgIpc) is 1.97. The number of amides is 1. The van der Waals surface area contributed by atoms with Crippen molar-refractivity contribution in [3.63, 3.8) is 0 Å². The maximum Gasteiger partial charge on any atom is 0.207 e. The van der Waals surface area contributed by atoms with Crippen LogP contribution in [-0.4, -0.2) is 39.9 Å². The van der Waals surface area contributed by atoms with E-state index >= 15 is 0 Å². The predicted molar refractivity (Wildman–Crippen MR) is 38.9 cm³/mol. The lowest BCUT2D eigenvalue weighted by atomic mass is 10.7. The number of ether oxygens (including phenoxy) is 2. The van der Waals surface area contributed by atoms with Crippen LogP contribution in [0, 0.1) is 0 Å². The maximum absolute atomic E-state index is 9.70. The van der Waals surface area contributed by atoms with E-state index in [1.165, 1.54) is 0 Å². The molecule has 1 amide bonds. The zero-order valence-corrected chi connectivity index (χ0v) is 6.13. The third-order valence-electron chi connectivity index (χ3n) is 0.906. The molecule has 1 N–H and O–H groups in total. The highest BCUT2D eigenvalue weighted by Crippen LogP contribution is 1.73. The minimum atomic E-state index is 0. The largest absolute Gasteiger partial charge is 0.382 e. The van der Waals surface area contributed by atoms with Gasteiger partial charge in [0.15, 0.2) is 0 Å². The zero-order valence-electron chi connectivity index (χ0n) is 6.13. The molecule has 0 aromatic rings. The van der Waals surface area contributed by atoms with Crippen molar-refractivity contribution < 1.29 is 15.7 Å². The number of rotatable bonds is 7. The van der Waals surface area contributed by atoms with Gasteiger partial charge < -0.3 is 14.8 Å². The number of carbonyl (C=O) groups excluding carboxylic acids is 1. The number of nitrogens with one attached hydrogen (secondary N) is 1. The molecule has 0 atom stereocenters. The molecule has 0 unspecified atom stereocenters. The van der Waals surface area contributed by atoms with E-state index in [0.29, 0.717) is 32.8 Å². The van der Waals surface area contributed by atoms with Gasteiger partial charge in [0.2, 0.25) is 6.41 Å². The Morgan fingerprint density at radius 3 is 2.90 bits per heavy atom. The monoisotopic (exact) mass is 149 g/mol. The van der Waals surface area contributed by atoms with E-state index in [-0.39, 0.29) is 1.43 Å². The predicted octanol–water partition coefficient (Wildman–Crippen LogP) is -0.359. The van der Waals surface area contributed by atoms with Crippen molar-refractivity contribution >= 4 is 6.41 Å². The molecule has 10 heavy (non-hydrogen) atoms. The number of carbonyl (C=O) groups is 1. The van der Waals surface area contributed by atoms with Gasteiger partial charge in [0.05, 0.1) is 19.8 Å². The Morgan fingerprint density at radius 1 is 1.50 bits per heavy atom. The van der Waals surface area contributed by atoms with Crippen molar-refractivity contribution in [2.24, 2.45) is 0 Å². The molecule has 0 rings (SSSR count). The van der Waals surface area contributed by atoms with Gasteiger partial charge in [-0.25, -0.2) is 0 Å². The molecule has 0 aliphatic heterocycles. The van der Waals surface area contributed by atoms with E-state index in [9.17, 15) is 4.79 Å². The molecule has 0 aliphatic carbocycles. The molecule has 0 saturated heterocycles. The Bertz CT molecular complexity index is 82.2. The summed E-state index contributed by atoms with van der Waals surface area (Å²) in [5.74, 6) is 0. The van der Waals surface area contributed by atoms with E-state index in [2.05, 4.69) is 5.32 Å². The molecule has 0 heterocycles. The molecule has 0 aromatic heterocycles. The number of methoxy groups -OCH3 is 1. The first kappa shape index (κ1) is 9.39. The summed E-state index contributed by atoms with van der Waals surface area (Å²) in [6.45, 7) is 2.29. The lowest BCUT2D eigenvalue weighted by Crippen LogP contribution is -2.18. The average molecular weight is 149 g/mol. The van der Waals surface area contributed by atoms with Crippen molar-refractivity contribution in [3.8, 4) is 0 Å². The highest BCUT2D eigenvalue weighted by Gasteiger charge is 1.85. The van der Waals surface area contributed by atoms with Gasteiger partial charge in [0, 0.05) is 15.1 Å². The van der Waals surface area contributed by atoms with Gasteiger partial charge >= 0.3 is 0 Å². The minimum absolute atomic E-state index is 0. The summed E-state index contributed by atoms with van der Waals surface area (Å²) in [4.78, 5) is 9.70. The maximum atomic E-state index is 9.70. The Balaban J connectivity index is 0. The summed E-state index contributed by atoms with van der Waals surface area (Å²) in [5.41, 5.74) is 0. The van der Waals surface area contributed by atoms with Gasteiger partial charge in [0.25, 0.3) is 0 Å². The Kier molecular flexibility index (Phi) is 7.88. The first-order valence-corrected chi connectivity index (χ1v) is 3.15. The van der Waals surface area contributed by atoms with Crippen LogP contribution in [0.1, 0.15) is 1.43 Å². The second-order valence-electron chi connectivity index (χ2n) is 1.68. The number of hydrogen-bond donors (Lipinski definition) is 1. The van der Waals surface area contributed by atoms with Crippen molar-refractivity contribution in [2.45, 2.75) is 0 Å². The highest BCUT2D eigenvalue weighted by molar-refractivity contribution is 5.45. The minimum Gasteiger partial charge on any atom is -0.382 e. The summed E-state index contributed by atoms with van der Waals surface area (Å²) in [6.07, 6.45) is 0.652. The lowest BCUT2D eigenvalue weighted by molar-refractivity contribution is -0.109. The highest BCUT2D eigenvalue weighted by atomic mass is 16.5. The first-order valence-electron chi connectivity index (χ1n) is 3.15. The van der Waals surface area contributed by atoms with Crippen LogP contribution >= 0.6 is 0 Å². The van der Waals surface area contributed by atoms with Crippen molar-refractivity contribution in [1.82, 2.24) is 5.32 Å². The van der Waals surface area contributed by atoms with Gasteiger partial charge in [-0.3, -0.25) is 4.79 Å². The smallest absolute Gasteiger partial charge is 0.207 e. The van der Waals surface area contributed by atoms with Crippen molar-refractivity contribution in [3.05, 3.63) is 0 Å². The normalized spacial score (nSPS) is 9.30. The van der Waals surface area contributed by atoms with E-state index < -0.39 is 0 Å². The molecule has 0 saturated carbocycles. The van der Waals surface area contributed by atoms with Crippen LogP contribution in [0.2, 0.25) is 0 Å². The number of hydrogen-bond acceptors (Lipinski definition) is 3. The molecule has 4 nitrogen and oxygen atoms in total. The van der Waals surface area contributed by atoms with Crippen molar-refractivity contribution in [2.75, 3.05) is 33.5 Å². The summed E-state index contributed by atoms with van der Waals surface area (Å²) < 4.78 is 9.76. The quantitative estimate of drug-likeness (QED) is 0.397. The fourth-order valence-electron chi connectivity index (χ4n) is 0.434. The van der Waals surface area contributed by atoms with Gasteiger partial charge in [-0.1, -0.05) is 0 Å². The molecule has 62 valence electrons. The molecule has 0 radical (unpaired) electrons. The van der Waals surface area contributed by atoms with Crippen LogP contribution in [-0.2, 0) is 14.3 Å². The fraction of sp³-hybridized carbons (Fsp3) is 0.833. The van der Waals surface area contributed by atoms with Crippen LogP contribution in [0.15, 0.2) is 0 Å². The zero-order chi connectivity index (χ0) is 7.66. The Labute approximate surface area is 62.0 Å². The lowest BCUT2D eigenvalue weighted by Gasteiger charge is -2.01. The fourth-order valence-corrected chi connectivity index (χ4v) is 0.434. The third kappa shape index (κ3) is 7.39. The Morgan fingerprint density at radius 2 is 2.30 bits per heavy atom. The Hall–Kier alpha value is -0.610. The standard InChI is InChI=1S/C6H13NO3.H2/c1-9-4-5-10-3-2-7-6-8;/h6H,2-5H2,1H3,(H,7,8);1H. The summed E-state index contributed by atoms with van der Waals surface area (Å²) >= 11 is 0. The molecule has 0 bridgehead atoms. The summed E-state index contributed by atoms with van der Waals surface area (Å²) in [6, 6.07) is 0.